The van der Waals surface area contributed by atoms with Crippen LogP contribution in [0.4, 0.5) is 0 Å². The highest BCUT2D eigenvalue weighted by Crippen LogP contribution is 2.29. The Bertz CT molecular complexity index is 976. The number of hydrogen-bond acceptors (Lipinski definition) is 6. The molecule has 0 spiro atoms. The number of nitrogens with one attached hydrogen (secondary N) is 1. The van der Waals surface area contributed by atoms with Gasteiger partial charge in [0.05, 0.1) is 35.4 Å². The average molecular weight is 415 g/mol. The van der Waals surface area contributed by atoms with Crippen molar-refractivity contribution in [3.63, 3.8) is 0 Å². The Morgan fingerprint density at radius 2 is 2.10 bits per heavy atom. The number of carbonyl (C=O) groups excluding carboxylic acids is 1. The third-order valence-electron chi connectivity index (χ3n) is 5.28. The predicted molar refractivity (Wildman–Crippen MR) is 113 cm³/mol. The summed E-state index contributed by atoms with van der Waals surface area (Å²) in [6.07, 6.45) is 4.34. The maximum atomic E-state index is 12.9. The Kier molecular flexibility index (Phi) is 6.93. The first-order valence-electron chi connectivity index (χ1n) is 9.88. The summed E-state index contributed by atoms with van der Waals surface area (Å²) in [5.74, 6) is -0.209. The lowest BCUT2D eigenvalue weighted by Crippen LogP contribution is -2.51. The number of ether oxygens (including phenoxy) is 1. The second-order valence-corrected chi connectivity index (χ2v) is 8.67. The zero-order valence-corrected chi connectivity index (χ0v) is 17.6. The van der Waals surface area contributed by atoms with E-state index in [1.54, 1.807) is 36.8 Å². The summed E-state index contributed by atoms with van der Waals surface area (Å²) in [5, 5.41) is 13.1. The van der Waals surface area contributed by atoms with E-state index in [4.69, 9.17) is 4.74 Å². The Hall–Kier alpha value is -2.37. The Morgan fingerprint density at radius 3 is 2.79 bits per heavy atom. The fourth-order valence-corrected chi connectivity index (χ4v) is 4.52. The van der Waals surface area contributed by atoms with Crippen LogP contribution in [0.5, 0.6) is 0 Å². The van der Waals surface area contributed by atoms with Crippen molar-refractivity contribution in [3.8, 4) is 6.07 Å². The summed E-state index contributed by atoms with van der Waals surface area (Å²) in [6, 6.07) is 9.49. The molecule has 3 rings (SSSR count). The number of rotatable bonds is 7. The molecule has 1 fully saturated rings. The van der Waals surface area contributed by atoms with E-state index in [0.29, 0.717) is 42.1 Å². The smallest absolute Gasteiger partial charge is 0.262 e. The van der Waals surface area contributed by atoms with Gasteiger partial charge in [-0.15, -0.1) is 0 Å². The number of carbonyl (C=O) groups is 1. The number of nitrogens with zero attached hydrogens (tertiary/aromatic N) is 3. The number of aromatic nitrogens is 2. The van der Waals surface area contributed by atoms with Gasteiger partial charge in [0.2, 0.25) is 5.91 Å². The van der Waals surface area contributed by atoms with Gasteiger partial charge in [0.1, 0.15) is 5.54 Å². The van der Waals surface area contributed by atoms with Gasteiger partial charge in [-0.1, -0.05) is 43.2 Å². The van der Waals surface area contributed by atoms with Crippen LogP contribution in [0.15, 0.2) is 34.2 Å². The molecule has 29 heavy (non-hydrogen) atoms. The summed E-state index contributed by atoms with van der Waals surface area (Å²) < 4.78 is 6.69. The van der Waals surface area contributed by atoms with Gasteiger partial charge in [-0.2, -0.15) is 5.26 Å². The molecule has 1 amide bonds. The monoisotopic (exact) mass is 414 g/mol. The summed E-state index contributed by atoms with van der Waals surface area (Å²) in [6.45, 7) is 2.49. The molecular weight excluding hydrogens is 388 g/mol. The first kappa shape index (κ1) is 21.3. The number of methoxy groups -OCH3 is 1. The van der Waals surface area contributed by atoms with Gasteiger partial charge in [0, 0.05) is 7.11 Å². The average Bonchev–Trinajstić information content (AvgIpc) is 2.74. The van der Waals surface area contributed by atoms with E-state index in [1.165, 1.54) is 11.8 Å². The highest BCUT2D eigenvalue weighted by Gasteiger charge is 2.35. The first-order chi connectivity index (χ1) is 14.0. The van der Waals surface area contributed by atoms with Crippen LogP contribution in [0.2, 0.25) is 0 Å². The van der Waals surface area contributed by atoms with Gasteiger partial charge in [-0.05, 0) is 31.9 Å². The van der Waals surface area contributed by atoms with Crippen LogP contribution in [0.1, 0.15) is 39.0 Å². The SMILES string of the molecule is COCCn1c(S[C@@H](C)C(=O)NC2(C#N)CCCCC2)nc2ccccc2c1=O. The van der Waals surface area contributed by atoms with Crippen LogP contribution in [-0.4, -0.2) is 40.0 Å². The van der Waals surface area contributed by atoms with Gasteiger partial charge in [-0.3, -0.25) is 14.2 Å². The van der Waals surface area contributed by atoms with Crippen molar-refractivity contribution < 1.29 is 9.53 Å². The summed E-state index contributed by atoms with van der Waals surface area (Å²) in [5.41, 5.74) is -0.331. The number of nitriles is 1. The molecule has 1 aromatic heterocycles. The number of fused-ring (bicyclic) bond motifs is 1. The maximum Gasteiger partial charge on any atom is 0.262 e. The maximum absolute atomic E-state index is 12.9. The minimum Gasteiger partial charge on any atom is -0.383 e. The molecule has 0 saturated heterocycles. The lowest BCUT2D eigenvalue weighted by Gasteiger charge is -2.32. The van der Waals surface area contributed by atoms with Crippen molar-refractivity contribution >= 4 is 28.6 Å². The molecule has 1 aromatic carbocycles. The fourth-order valence-electron chi connectivity index (χ4n) is 3.59. The second-order valence-electron chi connectivity index (χ2n) is 7.37. The highest BCUT2D eigenvalue weighted by molar-refractivity contribution is 8.00. The molecule has 1 aliphatic carbocycles. The zero-order valence-electron chi connectivity index (χ0n) is 16.8. The minimum absolute atomic E-state index is 0.150. The van der Waals surface area contributed by atoms with Crippen molar-refractivity contribution in [1.82, 2.24) is 14.9 Å². The summed E-state index contributed by atoms with van der Waals surface area (Å²) >= 11 is 1.23. The van der Waals surface area contributed by atoms with Gasteiger partial charge < -0.3 is 10.1 Å². The molecule has 2 aromatic rings. The predicted octanol–water partition coefficient (Wildman–Crippen LogP) is 2.87. The van der Waals surface area contributed by atoms with E-state index >= 15 is 0 Å². The Morgan fingerprint density at radius 1 is 1.38 bits per heavy atom. The number of amides is 1. The number of benzene rings is 1. The van der Waals surface area contributed by atoms with E-state index < -0.39 is 10.8 Å². The molecule has 1 aliphatic rings. The topological polar surface area (TPSA) is 97.0 Å². The standard InChI is InChI=1S/C21H26N4O3S/c1-15(18(26)24-21(14-22)10-6-3-7-11-21)29-20-23-17-9-5-4-8-16(17)19(27)25(20)12-13-28-2/h4-5,8-9,15H,3,6-7,10-13H2,1-2H3,(H,24,26)/t15-/m0/s1. The van der Waals surface area contributed by atoms with Crippen molar-refractivity contribution in [2.45, 2.75) is 61.5 Å². The molecule has 154 valence electrons. The molecule has 1 atom stereocenters. The molecule has 1 N–H and O–H groups in total. The molecule has 0 aliphatic heterocycles. The zero-order chi connectivity index (χ0) is 20.9. The Labute approximate surface area is 174 Å². The number of thioether (sulfide) groups is 1. The van der Waals surface area contributed by atoms with E-state index in [1.807, 2.05) is 6.07 Å². The first-order valence-corrected chi connectivity index (χ1v) is 10.8. The molecule has 0 bridgehead atoms. The van der Waals surface area contributed by atoms with Crippen molar-refractivity contribution in [3.05, 3.63) is 34.6 Å². The lowest BCUT2D eigenvalue weighted by molar-refractivity contribution is -0.121. The van der Waals surface area contributed by atoms with Crippen LogP contribution in [0.3, 0.4) is 0 Å². The number of para-hydroxylation sites is 1. The van der Waals surface area contributed by atoms with Gasteiger partial charge >= 0.3 is 0 Å². The normalized spacial score (nSPS) is 16.9. The minimum atomic E-state index is -0.781. The molecule has 8 heteroatoms. The fraction of sp³-hybridized carbons (Fsp3) is 0.524. The summed E-state index contributed by atoms with van der Waals surface area (Å²) in [4.78, 5) is 30.4. The van der Waals surface area contributed by atoms with Crippen LogP contribution < -0.4 is 10.9 Å². The van der Waals surface area contributed by atoms with Crippen LogP contribution >= 0.6 is 11.8 Å². The van der Waals surface area contributed by atoms with E-state index in [2.05, 4.69) is 16.4 Å². The van der Waals surface area contributed by atoms with E-state index in [9.17, 15) is 14.9 Å². The lowest BCUT2D eigenvalue weighted by atomic mass is 9.83. The van der Waals surface area contributed by atoms with Crippen molar-refractivity contribution in [2.24, 2.45) is 0 Å². The van der Waals surface area contributed by atoms with Crippen molar-refractivity contribution in [2.75, 3.05) is 13.7 Å². The van der Waals surface area contributed by atoms with Crippen LogP contribution in [0, 0.1) is 11.3 Å². The van der Waals surface area contributed by atoms with Gasteiger partial charge in [-0.25, -0.2) is 4.98 Å². The molecule has 0 unspecified atom stereocenters. The third-order valence-corrected chi connectivity index (χ3v) is 6.37. The number of hydrogen-bond donors (Lipinski definition) is 1. The van der Waals surface area contributed by atoms with Crippen LogP contribution in [-0.2, 0) is 16.1 Å². The Balaban J connectivity index is 1.85. The molecular formula is C21H26N4O3S. The summed E-state index contributed by atoms with van der Waals surface area (Å²) in [7, 11) is 1.58. The molecule has 0 radical (unpaired) electrons. The van der Waals surface area contributed by atoms with Gasteiger partial charge in [0.25, 0.3) is 5.56 Å². The molecule has 1 heterocycles. The van der Waals surface area contributed by atoms with Crippen molar-refractivity contribution in [1.29, 1.82) is 5.26 Å². The third kappa shape index (κ3) is 4.80. The van der Waals surface area contributed by atoms with E-state index in [0.717, 1.165) is 19.3 Å². The largest absolute Gasteiger partial charge is 0.383 e. The molecule has 7 nitrogen and oxygen atoms in total. The quantitative estimate of drug-likeness (QED) is 0.553. The van der Waals surface area contributed by atoms with Crippen LogP contribution in [0.25, 0.3) is 10.9 Å². The van der Waals surface area contributed by atoms with Gasteiger partial charge in [0.15, 0.2) is 5.16 Å². The highest BCUT2D eigenvalue weighted by atomic mass is 32.2. The van der Waals surface area contributed by atoms with E-state index in [-0.39, 0.29) is 11.5 Å². The second kappa shape index (κ2) is 9.42. The molecule has 1 saturated carbocycles.